The van der Waals surface area contributed by atoms with Crippen LogP contribution >= 0.6 is 0 Å². The molecule has 1 aliphatic rings. The number of amides is 1. The monoisotopic (exact) mass is 420 g/mol. The largest absolute Gasteiger partial charge is 0.369 e. The minimum atomic E-state index is -0.245. The number of aromatic amines is 1. The van der Waals surface area contributed by atoms with Gasteiger partial charge in [0.25, 0.3) is 0 Å². The second-order valence-corrected chi connectivity index (χ2v) is 8.05. The molecule has 1 fully saturated rings. The van der Waals surface area contributed by atoms with Crippen molar-refractivity contribution in [3.8, 4) is 0 Å². The number of nitrogens with zero attached hydrogens (tertiary/aromatic N) is 1. The van der Waals surface area contributed by atoms with Gasteiger partial charge in [-0.3, -0.25) is 4.79 Å². The van der Waals surface area contributed by atoms with Crippen LogP contribution in [0.4, 0.5) is 10.1 Å². The maximum atomic E-state index is 14.1. The van der Waals surface area contributed by atoms with E-state index in [4.69, 9.17) is 0 Å². The molecule has 31 heavy (non-hydrogen) atoms. The summed E-state index contributed by atoms with van der Waals surface area (Å²) in [5, 5.41) is 7.21. The number of hydrogen-bond acceptors (Lipinski definition) is 3. The SMILES string of the molecule is Cc1[nH]c2c(F)ccc(C)c2c1CCNC(=O)C=Cc1ccc(N2CCNCC2)cc1. The van der Waals surface area contributed by atoms with Crippen molar-refractivity contribution in [3.63, 3.8) is 0 Å². The van der Waals surface area contributed by atoms with E-state index in [0.29, 0.717) is 18.5 Å². The molecule has 1 aromatic heterocycles. The maximum absolute atomic E-state index is 14.1. The summed E-state index contributed by atoms with van der Waals surface area (Å²) in [5.74, 6) is -0.378. The summed E-state index contributed by atoms with van der Waals surface area (Å²) in [6.45, 7) is 8.46. The van der Waals surface area contributed by atoms with Gasteiger partial charge < -0.3 is 20.5 Å². The third-order valence-electron chi connectivity index (χ3n) is 5.91. The lowest BCUT2D eigenvalue weighted by Gasteiger charge is -2.29. The highest BCUT2D eigenvalue weighted by molar-refractivity contribution is 5.92. The van der Waals surface area contributed by atoms with Crippen molar-refractivity contribution in [1.29, 1.82) is 0 Å². The second kappa shape index (κ2) is 9.35. The van der Waals surface area contributed by atoms with E-state index in [1.54, 1.807) is 12.1 Å². The molecule has 162 valence electrons. The van der Waals surface area contributed by atoms with E-state index >= 15 is 0 Å². The minimum Gasteiger partial charge on any atom is -0.369 e. The van der Waals surface area contributed by atoms with E-state index in [9.17, 15) is 9.18 Å². The lowest BCUT2D eigenvalue weighted by molar-refractivity contribution is -0.116. The molecule has 3 N–H and O–H groups in total. The van der Waals surface area contributed by atoms with Gasteiger partial charge in [-0.2, -0.15) is 0 Å². The van der Waals surface area contributed by atoms with Crippen molar-refractivity contribution in [1.82, 2.24) is 15.6 Å². The number of H-pyrrole nitrogens is 1. The number of fused-ring (bicyclic) bond motifs is 1. The zero-order chi connectivity index (χ0) is 21.8. The molecule has 2 heterocycles. The molecule has 0 radical (unpaired) electrons. The van der Waals surface area contributed by atoms with Gasteiger partial charge in [-0.05, 0) is 61.2 Å². The van der Waals surface area contributed by atoms with Crippen molar-refractivity contribution in [2.45, 2.75) is 20.3 Å². The molecular weight excluding hydrogens is 391 g/mol. The summed E-state index contributed by atoms with van der Waals surface area (Å²) in [4.78, 5) is 17.7. The summed E-state index contributed by atoms with van der Waals surface area (Å²) in [5.41, 5.74) is 5.78. The molecule has 1 saturated heterocycles. The van der Waals surface area contributed by atoms with Crippen molar-refractivity contribution < 1.29 is 9.18 Å². The summed E-state index contributed by atoms with van der Waals surface area (Å²) >= 11 is 0. The Morgan fingerprint density at radius 2 is 1.87 bits per heavy atom. The summed E-state index contributed by atoms with van der Waals surface area (Å²) in [6.07, 6.45) is 4.04. The molecule has 1 aliphatic heterocycles. The Morgan fingerprint density at radius 1 is 1.13 bits per heavy atom. The molecule has 0 spiro atoms. The number of piperazine rings is 1. The fourth-order valence-corrected chi connectivity index (χ4v) is 4.22. The molecular formula is C25H29FN4O. The highest BCUT2D eigenvalue weighted by Gasteiger charge is 2.14. The molecule has 6 heteroatoms. The van der Waals surface area contributed by atoms with E-state index in [-0.39, 0.29) is 11.7 Å². The minimum absolute atomic E-state index is 0.133. The summed E-state index contributed by atoms with van der Waals surface area (Å²) in [7, 11) is 0. The average Bonchev–Trinajstić information content (AvgIpc) is 3.13. The Kier molecular flexibility index (Phi) is 6.37. The third kappa shape index (κ3) is 4.80. The Labute approximate surface area is 182 Å². The fourth-order valence-electron chi connectivity index (χ4n) is 4.22. The van der Waals surface area contributed by atoms with Crippen LogP contribution in [-0.2, 0) is 11.2 Å². The first-order valence-corrected chi connectivity index (χ1v) is 10.8. The molecule has 0 saturated carbocycles. The standard InChI is InChI=1S/C25H29FN4O/c1-17-3-9-22(26)25-24(17)21(18(2)29-25)11-12-28-23(31)10-6-19-4-7-20(8-5-19)30-15-13-27-14-16-30/h3-10,27,29H,11-16H2,1-2H3,(H,28,31). The summed E-state index contributed by atoms with van der Waals surface area (Å²) in [6, 6.07) is 11.6. The van der Waals surface area contributed by atoms with Crippen molar-refractivity contribution in [2.75, 3.05) is 37.6 Å². The molecule has 0 atom stereocenters. The Balaban J connectivity index is 1.33. The van der Waals surface area contributed by atoms with Crippen LogP contribution in [0.25, 0.3) is 17.0 Å². The predicted octanol–water partition coefficient (Wildman–Crippen LogP) is 3.71. The Morgan fingerprint density at radius 3 is 2.61 bits per heavy atom. The number of aromatic nitrogens is 1. The molecule has 4 rings (SSSR count). The van der Waals surface area contributed by atoms with Crippen LogP contribution in [0.3, 0.4) is 0 Å². The first-order chi connectivity index (χ1) is 15.0. The first kappa shape index (κ1) is 21.1. The van der Waals surface area contributed by atoms with Crippen molar-refractivity contribution in [3.05, 3.63) is 70.7 Å². The number of halogens is 1. The van der Waals surface area contributed by atoms with Crippen LogP contribution in [0.1, 0.15) is 22.4 Å². The zero-order valence-electron chi connectivity index (χ0n) is 18.1. The average molecular weight is 421 g/mol. The number of carbonyl (C=O) groups excluding carboxylic acids is 1. The first-order valence-electron chi connectivity index (χ1n) is 10.8. The molecule has 1 amide bonds. The number of benzene rings is 2. The van der Waals surface area contributed by atoms with Gasteiger partial charge in [0.05, 0.1) is 5.52 Å². The molecule has 0 bridgehead atoms. The lowest BCUT2D eigenvalue weighted by atomic mass is 10.0. The van der Waals surface area contributed by atoms with E-state index in [2.05, 4.69) is 32.7 Å². The number of carbonyl (C=O) groups is 1. The van der Waals surface area contributed by atoms with Crippen LogP contribution in [0, 0.1) is 19.7 Å². The van der Waals surface area contributed by atoms with Gasteiger partial charge in [0.2, 0.25) is 5.91 Å². The van der Waals surface area contributed by atoms with Crippen LogP contribution in [0.5, 0.6) is 0 Å². The van der Waals surface area contributed by atoms with Gasteiger partial charge in [-0.15, -0.1) is 0 Å². The van der Waals surface area contributed by atoms with Crippen LogP contribution < -0.4 is 15.5 Å². The fraction of sp³-hybridized carbons (Fsp3) is 0.320. The van der Waals surface area contributed by atoms with E-state index in [0.717, 1.165) is 53.9 Å². The third-order valence-corrected chi connectivity index (χ3v) is 5.91. The molecule has 0 aliphatic carbocycles. The van der Waals surface area contributed by atoms with Gasteiger partial charge >= 0.3 is 0 Å². The normalized spacial score (nSPS) is 14.5. The maximum Gasteiger partial charge on any atom is 0.244 e. The highest BCUT2D eigenvalue weighted by atomic mass is 19.1. The Bertz CT molecular complexity index is 1090. The van der Waals surface area contributed by atoms with Crippen molar-refractivity contribution in [2.24, 2.45) is 0 Å². The highest BCUT2D eigenvalue weighted by Crippen LogP contribution is 2.27. The van der Waals surface area contributed by atoms with Gasteiger partial charge in [-0.25, -0.2) is 4.39 Å². The number of nitrogens with one attached hydrogen (secondary N) is 3. The topological polar surface area (TPSA) is 60.2 Å². The molecule has 3 aromatic rings. The van der Waals surface area contributed by atoms with Gasteiger partial charge in [0.1, 0.15) is 5.82 Å². The molecule has 5 nitrogen and oxygen atoms in total. The van der Waals surface area contributed by atoms with Crippen molar-refractivity contribution >= 4 is 28.6 Å². The van der Waals surface area contributed by atoms with Crippen LogP contribution in [0.15, 0.2) is 42.5 Å². The van der Waals surface area contributed by atoms with Gasteiger partial charge in [-0.1, -0.05) is 18.2 Å². The zero-order valence-corrected chi connectivity index (χ0v) is 18.1. The number of hydrogen-bond donors (Lipinski definition) is 3. The second-order valence-electron chi connectivity index (χ2n) is 8.05. The van der Waals surface area contributed by atoms with Gasteiger partial charge in [0.15, 0.2) is 0 Å². The smallest absolute Gasteiger partial charge is 0.244 e. The quantitative estimate of drug-likeness (QED) is 0.533. The van der Waals surface area contributed by atoms with E-state index in [1.807, 2.05) is 32.1 Å². The van der Waals surface area contributed by atoms with Gasteiger partial charge in [0, 0.05) is 55.6 Å². The number of anilines is 1. The Hall–Kier alpha value is -3.12. The van der Waals surface area contributed by atoms with Crippen LogP contribution in [-0.4, -0.2) is 43.6 Å². The van der Waals surface area contributed by atoms with E-state index in [1.165, 1.54) is 11.8 Å². The molecule has 2 aromatic carbocycles. The lowest BCUT2D eigenvalue weighted by Crippen LogP contribution is -2.43. The molecule has 0 unspecified atom stereocenters. The summed E-state index contributed by atoms with van der Waals surface area (Å²) < 4.78 is 14.1. The predicted molar refractivity (Wildman–Crippen MR) is 125 cm³/mol. The van der Waals surface area contributed by atoms with Crippen LogP contribution in [0.2, 0.25) is 0 Å². The number of rotatable bonds is 6. The van der Waals surface area contributed by atoms with E-state index < -0.39 is 0 Å². The number of aryl methyl sites for hydroxylation is 2.